The highest BCUT2D eigenvalue weighted by Crippen LogP contribution is 2.26. The molecule has 1 rings (SSSR count). The number of nitrogens with one attached hydrogen (secondary N) is 1. The third-order valence-electron chi connectivity index (χ3n) is 2.30. The molecule has 1 aromatic carbocycles. The molecular weight excluding hydrogens is 249 g/mol. The third kappa shape index (κ3) is 4.60. The maximum atomic E-state index is 11.9. The summed E-state index contributed by atoms with van der Waals surface area (Å²) in [6, 6.07) is 4.55. The van der Waals surface area contributed by atoms with Crippen LogP contribution in [-0.4, -0.2) is 17.6 Å². The van der Waals surface area contributed by atoms with Crippen molar-refractivity contribution in [2.45, 2.75) is 25.9 Å². The molecule has 0 bridgehead atoms. The van der Waals surface area contributed by atoms with Gasteiger partial charge >= 0.3 is 6.18 Å². The first kappa shape index (κ1) is 14.3. The average molecular weight is 262 g/mol. The lowest BCUT2D eigenvalue weighted by atomic mass is 10.2. The number of benzene rings is 1. The summed E-state index contributed by atoms with van der Waals surface area (Å²) in [7, 11) is 0. The normalized spacial score (nSPS) is 11.3. The minimum absolute atomic E-state index is 0.0451. The van der Waals surface area contributed by atoms with Gasteiger partial charge in [-0.15, -0.1) is 0 Å². The molecule has 0 amide bonds. The van der Waals surface area contributed by atoms with Crippen molar-refractivity contribution in [3.8, 4) is 0 Å². The summed E-state index contributed by atoms with van der Waals surface area (Å²) in [6.45, 7) is 1.75. The van der Waals surface area contributed by atoms with Gasteiger partial charge in [0.1, 0.15) is 5.69 Å². The van der Waals surface area contributed by atoms with Crippen molar-refractivity contribution in [1.82, 2.24) is 0 Å². The topological polar surface area (TPSA) is 55.2 Å². The standard InChI is InChI=1S/C11H13F3N2O2/c1-8-3-4-9(10(7-8)16(17)18)15-6-2-5-11(12,13)14/h3-4,7,15H,2,5-6H2,1H3. The molecule has 0 aliphatic heterocycles. The summed E-state index contributed by atoms with van der Waals surface area (Å²) in [4.78, 5) is 10.2. The third-order valence-corrected chi connectivity index (χ3v) is 2.30. The zero-order chi connectivity index (χ0) is 13.8. The minimum atomic E-state index is -4.19. The zero-order valence-corrected chi connectivity index (χ0v) is 9.75. The lowest BCUT2D eigenvalue weighted by Gasteiger charge is -2.09. The number of nitro benzene ring substituents is 1. The fraction of sp³-hybridized carbons (Fsp3) is 0.455. The molecule has 1 aromatic rings. The molecule has 0 unspecified atom stereocenters. The number of halogens is 3. The Balaban J connectivity index is 2.59. The Hall–Kier alpha value is -1.79. The van der Waals surface area contributed by atoms with Crippen LogP contribution in [0.25, 0.3) is 0 Å². The van der Waals surface area contributed by atoms with E-state index in [1.807, 2.05) is 0 Å². The Morgan fingerprint density at radius 1 is 1.39 bits per heavy atom. The van der Waals surface area contributed by atoms with Gasteiger partial charge in [0.2, 0.25) is 0 Å². The first-order valence-corrected chi connectivity index (χ1v) is 5.35. The van der Waals surface area contributed by atoms with Gasteiger partial charge in [-0.05, 0) is 25.0 Å². The Labute approximate surface area is 102 Å². The van der Waals surface area contributed by atoms with Gasteiger partial charge in [-0.1, -0.05) is 6.07 Å². The molecular formula is C11H13F3N2O2. The van der Waals surface area contributed by atoms with Gasteiger partial charge in [0.25, 0.3) is 5.69 Å². The zero-order valence-electron chi connectivity index (χ0n) is 9.75. The van der Waals surface area contributed by atoms with Crippen molar-refractivity contribution in [2.24, 2.45) is 0 Å². The molecule has 18 heavy (non-hydrogen) atoms. The number of anilines is 1. The first-order chi connectivity index (χ1) is 8.29. The SMILES string of the molecule is Cc1ccc(NCCCC(F)(F)F)c([N+](=O)[O-])c1. The predicted octanol–water partition coefficient (Wildman–Crippen LogP) is 3.66. The molecule has 0 aliphatic carbocycles. The molecule has 100 valence electrons. The van der Waals surface area contributed by atoms with Gasteiger partial charge in [0.15, 0.2) is 0 Å². The molecule has 0 aromatic heterocycles. The predicted molar refractivity (Wildman–Crippen MR) is 61.6 cm³/mol. The molecule has 7 heteroatoms. The van der Waals surface area contributed by atoms with Crippen molar-refractivity contribution in [2.75, 3.05) is 11.9 Å². The second kappa shape index (κ2) is 5.70. The van der Waals surface area contributed by atoms with Crippen LogP contribution in [0, 0.1) is 17.0 Å². The minimum Gasteiger partial charge on any atom is -0.379 e. The number of nitro groups is 1. The highest BCUT2D eigenvalue weighted by molar-refractivity contribution is 5.62. The van der Waals surface area contributed by atoms with Crippen LogP contribution in [0.4, 0.5) is 24.5 Å². The van der Waals surface area contributed by atoms with E-state index in [2.05, 4.69) is 5.32 Å². The van der Waals surface area contributed by atoms with Gasteiger partial charge < -0.3 is 5.32 Å². The van der Waals surface area contributed by atoms with E-state index in [1.54, 1.807) is 13.0 Å². The van der Waals surface area contributed by atoms with Gasteiger partial charge in [-0.2, -0.15) is 13.2 Å². The van der Waals surface area contributed by atoms with Crippen molar-refractivity contribution in [3.05, 3.63) is 33.9 Å². The Bertz CT molecular complexity index is 433. The van der Waals surface area contributed by atoms with Crippen LogP contribution in [0.15, 0.2) is 18.2 Å². The molecule has 0 radical (unpaired) electrons. The number of hydrogen-bond acceptors (Lipinski definition) is 3. The van der Waals surface area contributed by atoms with Crippen LogP contribution in [0.1, 0.15) is 18.4 Å². The molecule has 0 spiro atoms. The average Bonchev–Trinajstić information content (AvgIpc) is 2.24. The van der Waals surface area contributed by atoms with Crippen LogP contribution >= 0.6 is 0 Å². The smallest absolute Gasteiger partial charge is 0.379 e. The van der Waals surface area contributed by atoms with Gasteiger partial charge in [0.05, 0.1) is 4.92 Å². The molecule has 0 saturated carbocycles. The summed E-state index contributed by atoms with van der Waals surface area (Å²) >= 11 is 0. The fourth-order valence-corrected chi connectivity index (χ4v) is 1.45. The number of aryl methyl sites for hydroxylation is 1. The van der Waals surface area contributed by atoms with E-state index in [0.717, 1.165) is 5.56 Å². The highest BCUT2D eigenvalue weighted by atomic mass is 19.4. The highest BCUT2D eigenvalue weighted by Gasteiger charge is 2.26. The van der Waals surface area contributed by atoms with Crippen LogP contribution in [0.2, 0.25) is 0 Å². The van der Waals surface area contributed by atoms with E-state index >= 15 is 0 Å². The van der Waals surface area contributed by atoms with E-state index in [-0.39, 0.29) is 24.3 Å². The van der Waals surface area contributed by atoms with E-state index in [4.69, 9.17) is 0 Å². The van der Waals surface area contributed by atoms with E-state index in [9.17, 15) is 23.3 Å². The summed E-state index contributed by atoms with van der Waals surface area (Å²) in [5, 5.41) is 13.4. The molecule has 4 nitrogen and oxygen atoms in total. The first-order valence-electron chi connectivity index (χ1n) is 5.35. The molecule has 0 heterocycles. The lowest BCUT2D eigenvalue weighted by Crippen LogP contribution is -2.11. The molecule has 0 aliphatic rings. The van der Waals surface area contributed by atoms with E-state index < -0.39 is 17.5 Å². The van der Waals surface area contributed by atoms with Crippen molar-refractivity contribution < 1.29 is 18.1 Å². The Morgan fingerprint density at radius 3 is 2.61 bits per heavy atom. The summed E-state index contributed by atoms with van der Waals surface area (Å²) < 4.78 is 35.7. The fourth-order valence-electron chi connectivity index (χ4n) is 1.45. The molecule has 0 atom stereocenters. The van der Waals surface area contributed by atoms with Gasteiger partial charge in [-0.3, -0.25) is 10.1 Å². The summed E-state index contributed by atoms with van der Waals surface area (Å²) in [5.41, 5.74) is 0.845. The van der Waals surface area contributed by atoms with Crippen molar-refractivity contribution >= 4 is 11.4 Å². The van der Waals surface area contributed by atoms with Crippen LogP contribution in [0.5, 0.6) is 0 Å². The second-order valence-electron chi connectivity index (χ2n) is 3.92. The monoisotopic (exact) mass is 262 g/mol. The maximum Gasteiger partial charge on any atom is 0.389 e. The molecule has 0 saturated heterocycles. The van der Waals surface area contributed by atoms with E-state index in [1.165, 1.54) is 12.1 Å². The van der Waals surface area contributed by atoms with Crippen LogP contribution in [-0.2, 0) is 0 Å². The summed E-state index contributed by atoms with van der Waals surface area (Å²) in [6.07, 6.45) is -5.21. The summed E-state index contributed by atoms with van der Waals surface area (Å²) in [5.74, 6) is 0. The number of rotatable bonds is 5. The molecule has 1 N–H and O–H groups in total. The van der Waals surface area contributed by atoms with Crippen molar-refractivity contribution in [1.29, 1.82) is 0 Å². The Kier molecular flexibility index (Phi) is 4.52. The quantitative estimate of drug-likeness (QED) is 0.500. The largest absolute Gasteiger partial charge is 0.389 e. The lowest BCUT2D eigenvalue weighted by molar-refractivity contribution is -0.384. The van der Waals surface area contributed by atoms with Crippen molar-refractivity contribution in [3.63, 3.8) is 0 Å². The number of alkyl halides is 3. The van der Waals surface area contributed by atoms with Gasteiger partial charge in [0, 0.05) is 19.0 Å². The number of hydrogen-bond donors (Lipinski definition) is 1. The van der Waals surface area contributed by atoms with Gasteiger partial charge in [-0.25, -0.2) is 0 Å². The Morgan fingerprint density at radius 2 is 2.06 bits per heavy atom. The maximum absolute atomic E-state index is 11.9. The molecule has 0 fully saturated rings. The van der Waals surface area contributed by atoms with Crippen LogP contribution < -0.4 is 5.32 Å². The van der Waals surface area contributed by atoms with Crippen LogP contribution in [0.3, 0.4) is 0 Å². The number of nitrogens with zero attached hydrogens (tertiary/aromatic N) is 1. The second-order valence-corrected chi connectivity index (χ2v) is 3.92. The van der Waals surface area contributed by atoms with E-state index in [0.29, 0.717) is 0 Å².